The van der Waals surface area contributed by atoms with E-state index in [2.05, 4.69) is 8.60 Å². The second-order valence-corrected chi connectivity index (χ2v) is 5.09. The van der Waals surface area contributed by atoms with E-state index in [0.717, 1.165) is 12.1 Å². The number of fused-ring (bicyclic) bond motifs is 1. The summed E-state index contributed by atoms with van der Waals surface area (Å²) in [6.07, 6.45) is 0. The molecule has 1 aromatic carbocycles. The Kier molecular flexibility index (Phi) is 3.20. The highest BCUT2D eigenvalue weighted by Gasteiger charge is 2.48. The van der Waals surface area contributed by atoms with Crippen molar-refractivity contribution >= 4 is 21.1 Å². The van der Waals surface area contributed by atoms with Crippen molar-refractivity contribution in [2.45, 2.75) is 5.51 Å². The van der Waals surface area contributed by atoms with Gasteiger partial charge in [-0.2, -0.15) is 21.6 Å². The molecule has 0 aliphatic carbocycles. The first kappa shape index (κ1) is 14.3. The lowest BCUT2D eigenvalue weighted by Gasteiger charge is -2.10. The zero-order valence-corrected chi connectivity index (χ0v) is 10.1. The highest BCUT2D eigenvalue weighted by molar-refractivity contribution is 7.88. The molecule has 108 valence electrons. The van der Waals surface area contributed by atoms with Gasteiger partial charge in [-0.1, -0.05) is 0 Å². The summed E-state index contributed by atoms with van der Waals surface area (Å²) in [4.78, 5) is 11.1. The van der Waals surface area contributed by atoms with E-state index in [0.29, 0.717) is 12.1 Å². The second-order valence-electron chi connectivity index (χ2n) is 3.55. The van der Waals surface area contributed by atoms with E-state index < -0.39 is 38.2 Å². The van der Waals surface area contributed by atoms with E-state index in [-0.39, 0.29) is 5.58 Å². The molecule has 1 heterocycles. The molecule has 1 aromatic heterocycles. The van der Waals surface area contributed by atoms with Crippen LogP contribution in [0, 0.1) is 5.82 Å². The Morgan fingerprint density at radius 3 is 2.40 bits per heavy atom. The summed E-state index contributed by atoms with van der Waals surface area (Å²) in [5.41, 5.74) is -7.13. The molecule has 0 spiro atoms. The van der Waals surface area contributed by atoms with Crippen LogP contribution in [0.5, 0.6) is 5.75 Å². The first-order chi connectivity index (χ1) is 9.10. The maximum atomic E-state index is 13.0. The van der Waals surface area contributed by atoms with Crippen molar-refractivity contribution in [1.29, 1.82) is 0 Å². The van der Waals surface area contributed by atoms with Crippen molar-refractivity contribution in [3.8, 4) is 5.75 Å². The van der Waals surface area contributed by atoms with E-state index >= 15 is 0 Å². The van der Waals surface area contributed by atoms with Gasteiger partial charge in [0.15, 0.2) is 5.75 Å². The topological polar surface area (TPSA) is 73.6 Å². The molecule has 0 bridgehead atoms. The number of halogens is 4. The summed E-state index contributed by atoms with van der Waals surface area (Å²) in [5, 5.41) is -0.419. The lowest BCUT2D eigenvalue weighted by Crippen LogP contribution is -2.28. The first-order valence-electron chi connectivity index (χ1n) is 4.84. The van der Waals surface area contributed by atoms with Crippen molar-refractivity contribution in [3.63, 3.8) is 0 Å². The molecule has 2 rings (SSSR count). The van der Waals surface area contributed by atoms with Gasteiger partial charge in [-0.05, 0) is 18.2 Å². The van der Waals surface area contributed by atoms with Crippen LogP contribution >= 0.6 is 0 Å². The molecule has 0 aliphatic rings. The Balaban J connectivity index is 2.66. The summed E-state index contributed by atoms with van der Waals surface area (Å²) in [6.45, 7) is 0. The average Bonchev–Trinajstić information content (AvgIpc) is 2.28. The standard InChI is InChI=1S/C10H4F4O5S/c11-5-1-2-7-6(3-5)8(4-9(15)18-7)19-20(16,17)10(12,13)14/h1-4H. The molecule has 0 saturated heterocycles. The summed E-state index contributed by atoms with van der Waals surface area (Å²) in [7, 11) is -5.97. The van der Waals surface area contributed by atoms with Crippen molar-refractivity contribution in [2.75, 3.05) is 0 Å². The highest BCUT2D eigenvalue weighted by Crippen LogP contribution is 2.30. The summed E-state index contributed by atoms with van der Waals surface area (Å²) in [5.74, 6) is -1.84. The van der Waals surface area contributed by atoms with E-state index in [9.17, 15) is 30.8 Å². The van der Waals surface area contributed by atoms with Gasteiger partial charge in [0.1, 0.15) is 11.4 Å². The molecule has 0 radical (unpaired) electrons. The van der Waals surface area contributed by atoms with E-state index in [4.69, 9.17) is 0 Å². The van der Waals surface area contributed by atoms with Gasteiger partial charge in [-0.15, -0.1) is 0 Å². The molecule has 0 unspecified atom stereocenters. The van der Waals surface area contributed by atoms with Crippen LogP contribution in [0.4, 0.5) is 17.6 Å². The van der Waals surface area contributed by atoms with Gasteiger partial charge in [0.2, 0.25) is 0 Å². The fourth-order valence-corrected chi connectivity index (χ4v) is 1.81. The van der Waals surface area contributed by atoms with Crippen molar-refractivity contribution in [3.05, 3.63) is 40.5 Å². The molecule has 5 nitrogen and oxygen atoms in total. The maximum absolute atomic E-state index is 13.0. The highest BCUT2D eigenvalue weighted by atomic mass is 32.2. The van der Waals surface area contributed by atoms with E-state index in [1.54, 1.807) is 0 Å². The Labute approximate surface area is 108 Å². The summed E-state index contributed by atoms with van der Waals surface area (Å²) in [6, 6.07) is 2.90. The van der Waals surface area contributed by atoms with Crippen LogP contribution in [0.2, 0.25) is 0 Å². The third-order valence-electron chi connectivity index (χ3n) is 2.15. The Morgan fingerprint density at radius 2 is 1.80 bits per heavy atom. The number of rotatable bonds is 2. The normalized spacial score (nSPS) is 12.6. The van der Waals surface area contributed by atoms with Crippen LogP contribution < -0.4 is 9.81 Å². The van der Waals surface area contributed by atoms with E-state index in [1.807, 2.05) is 0 Å². The molecule has 0 aliphatic heterocycles. The van der Waals surface area contributed by atoms with Crippen molar-refractivity contribution in [1.82, 2.24) is 0 Å². The predicted octanol–water partition coefficient (Wildman–Crippen LogP) is 2.16. The molecular formula is C10H4F4O5S. The third kappa shape index (κ3) is 2.59. The summed E-state index contributed by atoms with van der Waals surface area (Å²) >= 11 is 0. The fourth-order valence-electron chi connectivity index (χ4n) is 1.34. The predicted molar refractivity (Wildman–Crippen MR) is 58.0 cm³/mol. The monoisotopic (exact) mass is 312 g/mol. The van der Waals surface area contributed by atoms with Crippen LogP contribution in [0.3, 0.4) is 0 Å². The largest absolute Gasteiger partial charge is 0.534 e. The average molecular weight is 312 g/mol. The molecule has 0 fully saturated rings. The number of alkyl halides is 3. The molecular weight excluding hydrogens is 308 g/mol. The minimum absolute atomic E-state index is 0.314. The molecule has 0 N–H and O–H groups in total. The maximum Gasteiger partial charge on any atom is 0.534 e. The minimum atomic E-state index is -5.97. The van der Waals surface area contributed by atoms with E-state index in [1.165, 1.54) is 0 Å². The minimum Gasteiger partial charge on any atom is -0.422 e. The molecule has 20 heavy (non-hydrogen) atoms. The molecule has 0 amide bonds. The number of hydrogen-bond acceptors (Lipinski definition) is 5. The van der Waals surface area contributed by atoms with Crippen LogP contribution in [0.15, 0.2) is 33.5 Å². The quantitative estimate of drug-likeness (QED) is 0.368. The van der Waals surface area contributed by atoms with Crippen LogP contribution in [0.1, 0.15) is 0 Å². The van der Waals surface area contributed by atoms with Crippen molar-refractivity contribution < 1.29 is 34.6 Å². The second kappa shape index (κ2) is 4.47. The fraction of sp³-hybridized carbons (Fsp3) is 0.100. The number of benzene rings is 1. The molecule has 2 aromatic rings. The zero-order chi connectivity index (χ0) is 15.1. The Hall–Kier alpha value is -2.10. The van der Waals surface area contributed by atoms with Crippen molar-refractivity contribution in [2.24, 2.45) is 0 Å². The smallest absolute Gasteiger partial charge is 0.422 e. The zero-order valence-electron chi connectivity index (χ0n) is 9.27. The molecule has 0 saturated carbocycles. The lowest BCUT2D eigenvalue weighted by atomic mass is 10.2. The van der Waals surface area contributed by atoms with Gasteiger partial charge in [0.25, 0.3) is 0 Å². The van der Waals surface area contributed by atoms with Gasteiger partial charge < -0.3 is 8.60 Å². The van der Waals surface area contributed by atoms with Gasteiger partial charge in [-0.25, -0.2) is 9.18 Å². The van der Waals surface area contributed by atoms with Gasteiger partial charge in [0.05, 0.1) is 11.5 Å². The lowest BCUT2D eigenvalue weighted by molar-refractivity contribution is -0.0499. The van der Waals surface area contributed by atoms with Crippen LogP contribution in [-0.4, -0.2) is 13.9 Å². The Bertz CT molecular complexity index is 822. The van der Waals surface area contributed by atoms with Gasteiger partial charge in [-0.3, -0.25) is 0 Å². The SMILES string of the molecule is O=c1cc(OS(=O)(=O)C(F)(F)F)c2cc(F)ccc2o1. The van der Waals surface area contributed by atoms with Gasteiger partial charge >= 0.3 is 21.3 Å². The summed E-state index contributed by atoms with van der Waals surface area (Å²) < 4.78 is 79.9. The van der Waals surface area contributed by atoms with Crippen LogP contribution in [-0.2, 0) is 10.1 Å². The third-order valence-corrected chi connectivity index (χ3v) is 3.12. The first-order valence-corrected chi connectivity index (χ1v) is 6.25. The molecule has 10 heteroatoms. The molecule has 0 atom stereocenters. The number of hydrogen-bond donors (Lipinski definition) is 0. The Morgan fingerprint density at radius 1 is 1.15 bits per heavy atom. The van der Waals surface area contributed by atoms with Crippen LogP contribution in [0.25, 0.3) is 11.0 Å². The van der Waals surface area contributed by atoms with Gasteiger partial charge in [0, 0.05) is 0 Å².